The van der Waals surface area contributed by atoms with Gasteiger partial charge in [0.15, 0.2) is 0 Å². The summed E-state index contributed by atoms with van der Waals surface area (Å²) < 4.78 is 125. The second-order valence-electron chi connectivity index (χ2n) is 30.5. The fraction of sp³-hybridized carbons (Fsp3) is 0.525. The molecule has 2 saturated carbocycles. The number of aliphatic carboxylic acids is 1. The first-order chi connectivity index (χ1) is 47.8. The van der Waals surface area contributed by atoms with Gasteiger partial charge < -0.3 is 50.4 Å². The maximum absolute atomic E-state index is 16.1. The molecular formula is C80H104F8LiN6O10S2-. The molecule has 0 bridgehead atoms. The standard InChI is InChI=1S/C41H51F4N3O4.C39H47F4N3O4.Li.2H2O.2H2S/c1-8-52-36(50)20-33(31-18-30(17-28(7)38(31)42)37-26(5)15-25(4)16-27(37)6)46-39(51)34(14-24(2)3)48-21-29(32(19-35(48)49)41(43,44)45)10-13-47-22-40(23-47)11-9-12-40;1-22(2)12-32(46-19-27(30(17-33(46)47)39(41,42)43)8-11-45-20-38(21-45)9-7-10-38)37(50)44-31(18-34(48)49)29-16-28(15-26(6)36(29)40)35-24(4)13-23(3)14-25(35)5;;;;;/h15-19,21,24,33-34H,8-14,20,22-23H2,1-7H3,(H,46,51);13-17,19,22,31-32H,7-12,18,20-21H2,1-6H3,(H,44,50)(H,48,49);;4*1H2/q;;+1;;;;/p-2/t33-,34?;31-,32?;;;;;/m00...../s1. The van der Waals surface area contributed by atoms with Gasteiger partial charge in [0.05, 0.1) is 42.7 Å². The van der Waals surface area contributed by atoms with E-state index in [0.29, 0.717) is 52.7 Å². The van der Waals surface area contributed by atoms with E-state index >= 15 is 8.78 Å². The van der Waals surface area contributed by atoms with Crippen LogP contribution in [0.1, 0.15) is 201 Å². The number of esters is 1. The molecule has 2 spiro atoms. The van der Waals surface area contributed by atoms with Crippen molar-refractivity contribution in [3.05, 3.63) is 183 Å². The summed E-state index contributed by atoms with van der Waals surface area (Å²) in [6, 6.07) is 10.7. The molecule has 6 aromatic rings. The van der Waals surface area contributed by atoms with Gasteiger partial charge in [-0.1, -0.05) is 75.9 Å². The van der Waals surface area contributed by atoms with E-state index in [-0.39, 0.29) is 129 Å². The molecule has 2 unspecified atom stereocenters. The maximum Gasteiger partial charge on any atom is 1.00 e. The minimum absolute atomic E-state index is 0. The quantitative estimate of drug-likeness (QED) is 0.0276. The number of carbonyl (C=O) groups excluding carboxylic acids is 3. The van der Waals surface area contributed by atoms with Crippen molar-refractivity contribution in [3.63, 3.8) is 0 Å². The smallest absolute Gasteiger partial charge is 0.870 e. The van der Waals surface area contributed by atoms with Crippen molar-refractivity contribution < 1.29 is 94.0 Å². The van der Waals surface area contributed by atoms with Crippen LogP contribution in [0.5, 0.6) is 0 Å². The molecule has 5 N–H and O–H groups in total. The van der Waals surface area contributed by atoms with Gasteiger partial charge in [0.2, 0.25) is 11.8 Å². The molecule has 4 aliphatic rings. The predicted molar refractivity (Wildman–Crippen MR) is 403 cm³/mol. The van der Waals surface area contributed by atoms with E-state index in [9.17, 15) is 60.2 Å². The summed E-state index contributed by atoms with van der Waals surface area (Å²) in [5.41, 5.74) is 6.17. The van der Waals surface area contributed by atoms with E-state index in [0.717, 1.165) is 112 Å². The number of carboxylic acids is 1. The molecule has 16 nitrogen and oxygen atoms in total. The number of rotatable bonds is 25. The Bertz CT molecular complexity index is 4230. The van der Waals surface area contributed by atoms with Crippen LogP contribution in [-0.4, -0.2) is 105 Å². The zero-order valence-corrected chi connectivity index (χ0v) is 65.8. The Morgan fingerprint density at radius 1 is 0.533 bits per heavy atom. The average molecular weight is 1530 g/mol. The van der Waals surface area contributed by atoms with Crippen LogP contribution in [0.2, 0.25) is 0 Å². The Kier molecular flexibility index (Phi) is 32.7. The fourth-order valence-corrected chi connectivity index (χ4v) is 16.1. The largest absolute Gasteiger partial charge is 1.00 e. The van der Waals surface area contributed by atoms with Crippen LogP contribution < -0.4 is 40.6 Å². The number of hydrogen-bond donors (Lipinski definition) is 3. The molecule has 4 aromatic carbocycles. The maximum atomic E-state index is 16.1. The van der Waals surface area contributed by atoms with Crippen molar-refractivity contribution in [2.24, 2.45) is 22.7 Å². The predicted octanol–water partition coefficient (Wildman–Crippen LogP) is 13.1. The molecule has 4 atom stereocenters. The van der Waals surface area contributed by atoms with E-state index in [1.807, 2.05) is 93.5 Å². The van der Waals surface area contributed by atoms with E-state index in [1.165, 1.54) is 19.0 Å². The van der Waals surface area contributed by atoms with Crippen LogP contribution in [0.4, 0.5) is 35.1 Å². The Labute approximate surface area is 648 Å². The van der Waals surface area contributed by atoms with Gasteiger partial charge in [0.1, 0.15) is 23.7 Å². The third-order valence-electron chi connectivity index (χ3n) is 21.0. The van der Waals surface area contributed by atoms with Gasteiger partial charge in [0, 0.05) is 74.9 Å². The molecule has 2 saturated heterocycles. The molecule has 4 fully saturated rings. The summed E-state index contributed by atoms with van der Waals surface area (Å²) in [5.74, 6) is -5.04. The fourth-order valence-electron chi connectivity index (χ4n) is 16.1. The zero-order chi connectivity index (χ0) is 74.8. The number of aromatic nitrogens is 2. The van der Waals surface area contributed by atoms with Gasteiger partial charge >= 0.3 is 43.2 Å². The third-order valence-corrected chi connectivity index (χ3v) is 21.0. The van der Waals surface area contributed by atoms with E-state index in [1.54, 1.807) is 45.0 Å². The Hall–Kier alpha value is -6.76. The summed E-state index contributed by atoms with van der Waals surface area (Å²) in [4.78, 5) is 84.5. The molecule has 27 heteroatoms. The van der Waals surface area contributed by atoms with E-state index < -0.39 is 107 Å². The Morgan fingerprint density at radius 2 is 0.869 bits per heavy atom. The Balaban J connectivity index is 0.000000432. The molecule has 2 amide bonds. The monoisotopic (exact) mass is 1530 g/mol. The van der Waals surface area contributed by atoms with Crippen LogP contribution >= 0.6 is 27.0 Å². The minimum atomic E-state index is -4.77. The summed E-state index contributed by atoms with van der Waals surface area (Å²) in [7, 11) is 0. The number of carbonyl (C=O) groups is 4. The van der Waals surface area contributed by atoms with Gasteiger partial charge in [-0.3, -0.25) is 28.8 Å². The molecule has 584 valence electrons. The van der Waals surface area contributed by atoms with Gasteiger partial charge in [-0.05, 0) is 227 Å². The second-order valence-corrected chi connectivity index (χ2v) is 30.5. The third kappa shape index (κ3) is 22.1. The summed E-state index contributed by atoms with van der Waals surface area (Å²) >= 11 is 0. The van der Waals surface area contributed by atoms with Gasteiger partial charge in [-0.2, -0.15) is 53.3 Å². The first kappa shape index (κ1) is 92.6. The number of ether oxygens (including phenoxy) is 1. The SMILES string of the molecule is CCOC(=O)C[C@H](NC(=O)C(CC(C)C)n1cc(CCN2CC3(CCC3)C2)c(C(F)(F)F)cc1=O)c1cc(-c2c(C)cc(C)cc2C)cc(C)c1F.Cc1cc(C)c(-c2cc(C)c(F)c([C@H](CC(=O)O)NC(=O)C(CC(C)C)n3cc(CCN4CC5(CCC5)C4)c(C(F)(F)F)cc3=O)c2)c(C)c1.S.S.[Li+].[OH-].[OH-]. The minimum Gasteiger partial charge on any atom is -0.870 e. The molecule has 107 heavy (non-hydrogen) atoms. The number of nitrogens with one attached hydrogen (secondary N) is 2. The number of benzene rings is 4. The number of amides is 2. The number of carboxylic acid groups (broad SMARTS) is 1. The van der Waals surface area contributed by atoms with Crippen LogP contribution in [0.25, 0.3) is 22.3 Å². The van der Waals surface area contributed by atoms with Crippen LogP contribution in [0, 0.1) is 89.7 Å². The topological polar surface area (TPSA) is 232 Å². The molecule has 2 aliphatic carbocycles. The van der Waals surface area contributed by atoms with Crippen molar-refractivity contribution >= 4 is 50.7 Å². The van der Waals surface area contributed by atoms with Crippen molar-refractivity contribution in [1.82, 2.24) is 29.6 Å². The van der Waals surface area contributed by atoms with Gasteiger partial charge in [-0.15, -0.1) is 0 Å². The van der Waals surface area contributed by atoms with Crippen molar-refractivity contribution in [2.45, 2.75) is 204 Å². The number of pyridine rings is 2. The van der Waals surface area contributed by atoms with Crippen LogP contribution in [0.3, 0.4) is 0 Å². The number of likely N-dealkylation sites (tertiary alicyclic amines) is 2. The summed E-state index contributed by atoms with van der Waals surface area (Å²) in [6.07, 6.45) is -1.08. The normalized spacial score (nSPS) is 16.0. The number of nitrogens with zero attached hydrogens (tertiary/aromatic N) is 4. The zero-order valence-electron chi connectivity index (χ0n) is 63.8. The number of alkyl halides is 6. The molecule has 2 aliphatic heterocycles. The van der Waals surface area contributed by atoms with Crippen LogP contribution in [0.15, 0.2) is 82.6 Å². The number of hydrogen-bond acceptors (Lipinski definition) is 11. The summed E-state index contributed by atoms with van der Waals surface area (Å²) in [6.45, 7) is 28.1. The van der Waals surface area contributed by atoms with Gasteiger partial charge in [0.25, 0.3) is 11.1 Å². The van der Waals surface area contributed by atoms with Crippen LogP contribution in [-0.2, 0) is 49.1 Å². The Morgan fingerprint density at radius 3 is 1.16 bits per heavy atom. The molecule has 2 aromatic heterocycles. The second kappa shape index (κ2) is 37.8. The van der Waals surface area contributed by atoms with Crippen molar-refractivity contribution in [3.8, 4) is 22.3 Å². The van der Waals surface area contributed by atoms with E-state index in [4.69, 9.17) is 4.74 Å². The number of aryl methyl sites for hydroxylation is 8. The van der Waals surface area contributed by atoms with E-state index in [2.05, 4.69) is 20.4 Å². The summed E-state index contributed by atoms with van der Waals surface area (Å²) in [5, 5.41) is 15.4. The van der Waals surface area contributed by atoms with Crippen molar-refractivity contribution in [2.75, 3.05) is 45.9 Å². The van der Waals surface area contributed by atoms with Crippen molar-refractivity contribution in [1.29, 1.82) is 0 Å². The van der Waals surface area contributed by atoms with Gasteiger partial charge in [-0.25, -0.2) is 8.78 Å². The average Bonchev–Trinajstić information content (AvgIpc) is 0.787. The first-order valence-electron chi connectivity index (χ1n) is 35.6. The first-order valence-corrected chi connectivity index (χ1v) is 35.6. The molecule has 4 heterocycles. The number of halogens is 8. The molecule has 10 rings (SSSR count). The molecular weight excluding hydrogens is 1430 g/mol. The molecule has 0 radical (unpaired) electrons.